The molecule has 4 heteroatoms. The predicted octanol–water partition coefficient (Wildman–Crippen LogP) is 3.71. The summed E-state index contributed by atoms with van der Waals surface area (Å²) in [6.45, 7) is 2.89. The second-order valence-corrected chi connectivity index (χ2v) is 5.74. The zero-order valence-corrected chi connectivity index (χ0v) is 11.4. The van der Waals surface area contributed by atoms with Gasteiger partial charge in [-0.25, -0.2) is 0 Å². The minimum absolute atomic E-state index is 0.146. The van der Waals surface area contributed by atoms with Crippen molar-refractivity contribution in [2.24, 2.45) is 0 Å². The summed E-state index contributed by atoms with van der Waals surface area (Å²) < 4.78 is 0. The van der Waals surface area contributed by atoms with Gasteiger partial charge in [0.05, 0.1) is 0 Å². The maximum absolute atomic E-state index is 12.0. The molecule has 0 spiro atoms. The zero-order chi connectivity index (χ0) is 12.3. The zero-order valence-electron chi connectivity index (χ0n) is 9.86. The third kappa shape index (κ3) is 2.96. The van der Waals surface area contributed by atoms with Crippen LogP contribution in [0.25, 0.3) is 0 Å². The van der Waals surface area contributed by atoms with E-state index in [2.05, 4.69) is 0 Å². The van der Waals surface area contributed by atoms with E-state index < -0.39 is 0 Å². The van der Waals surface area contributed by atoms with Gasteiger partial charge in [-0.3, -0.25) is 4.79 Å². The molecule has 0 unspecified atom stereocenters. The fourth-order valence-corrected chi connectivity index (χ4v) is 3.49. The van der Waals surface area contributed by atoms with Crippen LogP contribution >= 0.6 is 23.4 Å². The maximum Gasteiger partial charge on any atom is 0.223 e. The lowest BCUT2D eigenvalue weighted by Crippen LogP contribution is -2.29. The molecule has 0 N–H and O–H groups in total. The molecule has 0 aromatic heterocycles. The molecule has 1 atom stereocenters. The Morgan fingerprint density at radius 2 is 2.41 bits per heavy atom. The number of amides is 1. The Kier molecular flexibility index (Phi) is 4.35. The molecule has 1 aromatic carbocycles. The third-order valence-electron chi connectivity index (χ3n) is 2.81. The van der Waals surface area contributed by atoms with Crippen LogP contribution in [-0.2, 0) is 4.79 Å². The summed E-state index contributed by atoms with van der Waals surface area (Å²) >= 11 is 7.81. The summed E-state index contributed by atoms with van der Waals surface area (Å²) in [4.78, 5) is 14.0. The molecule has 17 heavy (non-hydrogen) atoms. The molecular weight excluding hydrogens is 254 g/mol. The fraction of sp³-hybridized carbons (Fsp3) is 0.462. The van der Waals surface area contributed by atoms with E-state index in [0.29, 0.717) is 6.42 Å². The maximum atomic E-state index is 12.0. The largest absolute Gasteiger partial charge is 0.326 e. The van der Waals surface area contributed by atoms with Crippen molar-refractivity contribution in [2.45, 2.75) is 25.1 Å². The minimum atomic E-state index is 0.146. The summed E-state index contributed by atoms with van der Waals surface area (Å²) in [6, 6.07) is 7.81. The number of thioether (sulfide) groups is 1. The second-order valence-electron chi connectivity index (χ2n) is 4.12. The van der Waals surface area contributed by atoms with E-state index in [0.717, 1.165) is 29.3 Å². The molecule has 1 aromatic rings. The van der Waals surface area contributed by atoms with Crippen LogP contribution < -0.4 is 0 Å². The molecule has 1 aliphatic rings. The molecular formula is C13H16ClNOS. The molecule has 92 valence electrons. The first-order valence-electron chi connectivity index (χ1n) is 5.89. The lowest BCUT2D eigenvalue weighted by atomic mass is 10.2. The van der Waals surface area contributed by atoms with E-state index in [-0.39, 0.29) is 11.3 Å². The smallest absolute Gasteiger partial charge is 0.223 e. The first kappa shape index (κ1) is 12.8. The Morgan fingerprint density at radius 1 is 1.59 bits per heavy atom. The molecule has 1 heterocycles. The summed E-state index contributed by atoms with van der Waals surface area (Å²) in [5, 5.41) is 0.880. The van der Waals surface area contributed by atoms with Gasteiger partial charge in [-0.2, -0.15) is 0 Å². The van der Waals surface area contributed by atoms with Crippen molar-refractivity contribution in [1.82, 2.24) is 4.90 Å². The van der Waals surface area contributed by atoms with E-state index in [1.165, 1.54) is 0 Å². The standard InChI is InChI=1S/C13H16ClNOS/c1-2-4-12(16)15-7-8-17-13(15)10-5-3-6-11(14)9-10/h3,5-6,9,13H,2,4,7-8H2,1H3/t13-/m1/s1. The Morgan fingerprint density at radius 3 is 3.12 bits per heavy atom. The SMILES string of the molecule is CCCC(=O)N1CCS[C@@H]1c1cccc(Cl)c1. The Balaban J connectivity index is 2.17. The lowest BCUT2D eigenvalue weighted by Gasteiger charge is -2.24. The monoisotopic (exact) mass is 269 g/mol. The summed E-state index contributed by atoms with van der Waals surface area (Å²) in [5.41, 5.74) is 1.13. The van der Waals surface area contributed by atoms with Crippen molar-refractivity contribution in [2.75, 3.05) is 12.3 Å². The van der Waals surface area contributed by atoms with E-state index in [4.69, 9.17) is 11.6 Å². The second kappa shape index (κ2) is 5.78. The van der Waals surface area contributed by atoms with Gasteiger partial charge in [0.25, 0.3) is 0 Å². The first-order chi connectivity index (χ1) is 8.22. The normalized spacial score (nSPS) is 19.6. The number of nitrogens with zero attached hydrogens (tertiary/aromatic N) is 1. The summed E-state index contributed by atoms with van der Waals surface area (Å²) in [6.07, 6.45) is 1.54. The van der Waals surface area contributed by atoms with Gasteiger partial charge >= 0.3 is 0 Å². The van der Waals surface area contributed by atoms with Gasteiger partial charge in [-0.1, -0.05) is 30.7 Å². The van der Waals surface area contributed by atoms with Crippen molar-refractivity contribution in [1.29, 1.82) is 0 Å². The van der Waals surface area contributed by atoms with Gasteiger partial charge in [0.2, 0.25) is 5.91 Å². The van der Waals surface area contributed by atoms with Crippen LogP contribution in [0.1, 0.15) is 30.7 Å². The third-order valence-corrected chi connectivity index (χ3v) is 4.30. The molecule has 1 aliphatic heterocycles. The highest BCUT2D eigenvalue weighted by molar-refractivity contribution is 7.99. The van der Waals surface area contributed by atoms with Gasteiger partial charge in [0, 0.05) is 23.7 Å². The number of carbonyl (C=O) groups is 1. The van der Waals surface area contributed by atoms with Crippen LogP contribution in [0.2, 0.25) is 5.02 Å². The first-order valence-corrected chi connectivity index (χ1v) is 7.31. The molecule has 1 fully saturated rings. The average molecular weight is 270 g/mol. The van der Waals surface area contributed by atoms with E-state index >= 15 is 0 Å². The number of benzene rings is 1. The minimum Gasteiger partial charge on any atom is -0.326 e. The van der Waals surface area contributed by atoms with Crippen molar-refractivity contribution in [3.05, 3.63) is 34.9 Å². The van der Waals surface area contributed by atoms with Crippen LogP contribution in [0, 0.1) is 0 Å². The highest BCUT2D eigenvalue weighted by Gasteiger charge is 2.29. The van der Waals surface area contributed by atoms with Crippen LogP contribution in [0.4, 0.5) is 0 Å². The Labute approximate surface area is 111 Å². The molecule has 0 saturated carbocycles. The predicted molar refractivity (Wildman–Crippen MR) is 73.3 cm³/mol. The van der Waals surface area contributed by atoms with Gasteiger partial charge in [-0.15, -0.1) is 11.8 Å². The molecule has 0 aliphatic carbocycles. The van der Waals surface area contributed by atoms with Crippen molar-refractivity contribution >= 4 is 29.3 Å². The number of rotatable bonds is 3. The number of halogens is 1. The molecule has 0 bridgehead atoms. The number of hydrogen-bond donors (Lipinski definition) is 0. The van der Waals surface area contributed by atoms with Gasteiger partial charge in [0.15, 0.2) is 0 Å². The van der Waals surface area contributed by atoms with Crippen molar-refractivity contribution < 1.29 is 4.79 Å². The van der Waals surface area contributed by atoms with Crippen LogP contribution in [0.3, 0.4) is 0 Å². The highest BCUT2D eigenvalue weighted by Crippen LogP contribution is 2.38. The van der Waals surface area contributed by atoms with Crippen LogP contribution in [-0.4, -0.2) is 23.1 Å². The van der Waals surface area contributed by atoms with Crippen LogP contribution in [0.5, 0.6) is 0 Å². The van der Waals surface area contributed by atoms with Gasteiger partial charge < -0.3 is 4.90 Å². The topological polar surface area (TPSA) is 20.3 Å². The van der Waals surface area contributed by atoms with Gasteiger partial charge in [0.1, 0.15) is 5.37 Å². The summed E-state index contributed by atoms with van der Waals surface area (Å²) in [5.74, 6) is 1.26. The van der Waals surface area contributed by atoms with Crippen molar-refractivity contribution in [3.8, 4) is 0 Å². The Bertz CT molecular complexity index is 410. The molecule has 1 saturated heterocycles. The lowest BCUT2D eigenvalue weighted by molar-refractivity contribution is -0.131. The fourth-order valence-electron chi connectivity index (χ4n) is 2.02. The summed E-state index contributed by atoms with van der Waals surface area (Å²) in [7, 11) is 0. The molecule has 0 radical (unpaired) electrons. The van der Waals surface area contributed by atoms with Gasteiger partial charge in [-0.05, 0) is 24.1 Å². The number of hydrogen-bond acceptors (Lipinski definition) is 2. The number of carbonyl (C=O) groups excluding carboxylic acids is 1. The Hall–Kier alpha value is -0.670. The average Bonchev–Trinajstić information content (AvgIpc) is 2.78. The molecule has 1 amide bonds. The van der Waals surface area contributed by atoms with Crippen LogP contribution in [0.15, 0.2) is 24.3 Å². The molecule has 2 rings (SSSR count). The highest BCUT2D eigenvalue weighted by atomic mass is 35.5. The van der Waals surface area contributed by atoms with E-state index in [9.17, 15) is 4.79 Å². The molecule has 2 nitrogen and oxygen atoms in total. The van der Waals surface area contributed by atoms with E-state index in [1.807, 2.05) is 47.9 Å². The van der Waals surface area contributed by atoms with Crippen molar-refractivity contribution in [3.63, 3.8) is 0 Å². The quantitative estimate of drug-likeness (QED) is 0.834. The van der Waals surface area contributed by atoms with E-state index in [1.54, 1.807) is 0 Å².